The standard InChI is InChI=1S/C34H39ClN6O6SSi.C30H41BClN3O7Si.C10H10BrN3OS.C10H10BrN3S.C9H10BrNS.C6H6BrN/c1-49(2,3)16-14-44-21-40-33-27(38-34(40)47-29-19-46-31-28(42)18-45-32(29)31)17-26(35)30(39-33)24-7-5-22(6-8-24)23-9-11-25(12-10-23)41-13-4-15-48(41,43)37-20-36;1-29(2)30(3,4)42-31(41-29)19-10-8-18(9-11-19)24-20(32)14-21-27(34-24)35(17-37-12-13-43(5,6)7)28(33-21)40-23-16-39-25-22(36)15-38-26(23)25;11-9-2-4-10(5-3-9)14-6-1-7-16(14,15)13-8-12;11-9-2-4-10(5-3-9)14-6-1-7-15(14)13-8-12;10-8-2-4-9(5-3-8)11-6-1-7-12-11;7-5-1-3-6(8)4-2-5/h5-12,17,28-29,31-32,42H,4,13-16,18-19,21H2,1-3H3;8-11,14,22-23,25-26,36H,12-13,15-17H2,1-7H3;2-5H,1,6-7H2;2-5H,1,6-7H2;2-5H,1,6-7H2;1-4H,8H2/t28-,29-,31-,32-,48?;22-,23-,25-,26-;;;;/m11..../s1. The first-order valence-electron chi connectivity index (χ1n) is 47.1. The van der Waals surface area contributed by atoms with Gasteiger partial charge in [0.05, 0.1) is 81.9 Å². The monoisotopic (exact) mass is 2350 g/mol. The lowest BCUT2D eigenvalue weighted by molar-refractivity contribution is 0.00332. The number of nitrogen functional groups attached to an aromatic ring is 1. The fourth-order valence-corrected chi connectivity index (χ4v) is 26.3. The van der Waals surface area contributed by atoms with Gasteiger partial charge in [-0.25, -0.2) is 18.4 Å². The molecular formula is C99H116BBr4Cl2N17O14S4Si2. The average Bonchev–Trinajstić information content (AvgIpc) is 1.62. The number of pyridine rings is 2. The van der Waals surface area contributed by atoms with Crippen molar-refractivity contribution < 1.29 is 65.8 Å². The summed E-state index contributed by atoms with van der Waals surface area (Å²) in [7, 11) is -8.53. The van der Waals surface area contributed by atoms with Crippen molar-refractivity contribution >= 4 is 209 Å². The number of anilines is 5. The molecule has 7 aromatic carbocycles. The number of ether oxygens (including phenoxy) is 8. The van der Waals surface area contributed by atoms with E-state index in [1.807, 2.05) is 188 Å². The van der Waals surface area contributed by atoms with Gasteiger partial charge in [-0.3, -0.25) is 17.7 Å². The number of nitrogens with two attached hydrogens (primary N) is 1. The van der Waals surface area contributed by atoms with Crippen molar-refractivity contribution in [3.05, 3.63) is 210 Å². The second kappa shape index (κ2) is 48.4. The van der Waals surface area contributed by atoms with Crippen LogP contribution in [-0.2, 0) is 81.9 Å². The topological polar surface area (TPSA) is 376 Å². The maximum absolute atomic E-state index is 13.1. The summed E-state index contributed by atoms with van der Waals surface area (Å²) in [5.74, 6) is 3.12. The number of aliphatic hydroxyl groups excluding tert-OH is 2. The highest BCUT2D eigenvalue weighted by Gasteiger charge is 2.53. The van der Waals surface area contributed by atoms with E-state index in [1.165, 1.54) is 24.4 Å². The number of benzene rings is 7. The molecule has 11 aromatic rings. The molecule has 4 aromatic heterocycles. The van der Waals surface area contributed by atoms with Gasteiger partial charge in [-0.05, 0) is 215 Å². The Balaban J connectivity index is 0.000000145. The Bertz CT molecular complexity index is 6660. The zero-order valence-corrected chi connectivity index (χ0v) is 94.1. The molecule has 20 rings (SSSR count). The van der Waals surface area contributed by atoms with Gasteiger partial charge in [-0.1, -0.05) is 187 Å². The number of hydrogen-bond donors (Lipinski definition) is 3. The molecule has 9 aliphatic heterocycles. The van der Waals surface area contributed by atoms with Crippen LogP contribution in [-0.4, -0.2) is 220 Å². The number of rotatable bonds is 22. The van der Waals surface area contributed by atoms with E-state index in [4.69, 9.17) is 112 Å². The van der Waals surface area contributed by atoms with E-state index in [2.05, 4.69) is 161 Å². The Morgan fingerprint density at radius 1 is 0.517 bits per heavy atom. The van der Waals surface area contributed by atoms with Crippen LogP contribution in [0.5, 0.6) is 12.0 Å². The maximum Gasteiger partial charge on any atom is 0.494 e. The number of nitriles is 3. The normalized spacial score (nSPS) is 23.3. The number of imidazole rings is 2. The van der Waals surface area contributed by atoms with Gasteiger partial charge in [-0.2, -0.15) is 25.8 Å². The zero-order chi connectivity index (χ0) is 102. The predicted octanol–water partition coefficient (Wildman–Crippen LogP) is 20.7. The van der Waals surface area contributed by atoms with Crippen molar-refractivity contribution in [1.82, 2.24) is 29.1 Å². The molecule has 3 unspecified atom stereocenters. The molecule has 31 nitrogen and oxygen atoms in total. The highest BCUT2D eigenvalue weighted by molar-refractivity contribution is 9.11. The number of fused-ring (bicyclic) bond motifs is 4. The van der Waals surface area contributed by atoms with Crippen LogP contribution in [0.2, 0.25) is 61.4 Å². The fourth-order valence-electron chi connectivity index (χ4n) is 16.8. The molecular weight excluding hydrogens is 2240 g/mol. The van der Waals surface area contributed by atoms with E-state index >= 15 is 0 Å². The van der Waals surface area contributed by atoms with Crippen molar-refractivity contribution in [2.24, 2.45) is 13.1 Å². The summed E-state index contributed by atoms with van der Waals surface area (Å²) in [5.41, 5.74) is 17.6. The van der Waals surface area contributed by atoms with E-state index in [0.717, 1.165) is 112 Å². The van der Waals surface area contributed by atoms with Crippen molar-refractivity contribution in [1.29, 1.82) is 15.8 Å². The summed E-state index contributed by atoms with van der Waals surface area (Å²) in [6.07, 6.45) is 5.44. The van der Waals surface area contributed by atoms with Gasteiger partial charge in [0, 0.05) is 124 Å². The molecule has 9 fully saturated rings. The summed E-state index contributed by atoms with van der Waals surface area (Å²) < 4.78 is 113. The Hall–Kier alpha value is -8.15. The van der Waals surface area contributed by atoms with Crippen LogP contribution in [0, 0.1) is 34.4 Å². The van der Waals surface area contributed by atoms with E-state index in [1.54, 1.807) is 33.1 Å². The van der Waals surface area contributed by atoms with Crippen LogP contribution in [0.1, 0.15) is 53.4 Å². The molecule has 13 heterocycles. The van der Waals surface area contributed by atoms with Crippen LogP contribution in [0.15, 0.2) is 213 Å². The first kappa shape index (κ1) is 109. The molecule has 143 heavy (non-hydrogen) atoms. The molecule has 0 radical (unpaired) electrons. The van der Waals surface area contributed by atoms with Gasteiger partial charge in [0.2, 0.25) is 18.6 Å². The quantitative estimate of drug-likeness (QED) is 0.0186. The number of halogens is 6. The summed E-state index contributed by atoms with van der Waals surface area (Å²) in [6.45, 7) is 28.1. The molecule has 758 valence electrons. The van der Waals surface area contributed by atoms with Crippen LogP contribution >= 0.6 is 98.9 Å². The number of nitrogens with zero attached hydrogens (tertiary/aromatic N) is 16. The highest BCUT2D eigenvalue weighted by Crippen LogP contribution is 2.42. The lowest BCUT2D eigenvalue weighted by Crippen LogP contribution is -2.41. The number of hydrogen-bond acceptors (Lipinski definition) is 27. The average molecular weight is 2350 g/mol. The summed E-state index contributed by atoms with van der Waals surface area (Å²) >= 11 is 29.0. The van der Waals surface area contributed by atoms with E-state index < -0.39 is 97.0 Å². The number of aliphatic hydroxyl groups is 2. The lowest BCUT2D eigenvalue weighted by atomic mass is 9.79. The molecule has 0 aliphatic carbocycles. The first-order valence-corrected chi connectivity index (χ1v) is 63.9. The minimum atomic E-state index is -2.72. The molecule has 0 spiro atoms. The molecule has 0 saturated carbocycles. The Morgan fingerprint density at radius 3 is 1.33 bits per heavy atom. The fraction of sp³-hybridized carbons (Fsp3) is 0.424. The SMILES string of the molecule is Brc1ccc(N2CCCS2)cc1.CC1(C)OB(c2ccc(-c3nc4c(cc3Cl)nc(O[C@@H]3CO[C@H]5[C@@H]3OC[C@H]5O)n4COCC[Si](C)(C)C)cc2)OC1(C)C.C[Si](C)(C)CCOCn1c(O[C@@H]2CO[C@H]3[C@@H]2OC[C@H]3O)nc2cc(Cl)c(-c3ccc(-c4ccc(N5CCCS5(=O)=NC#N)cc4)cc3)nc21.N#CN=S1(=O)CCCN1c1ccc(Br)cc1.N#CN=S1CCCN1c1ccc(Br)cc1.Nc1ccc(Br)cc1. The Morgan fingerprint density at radius 2 is 0.916 bits per heavy atom. The second-order valence-electron chi connectivity index (χ2n) is 38.5. The molecule has 9 aliphatic rings. The summed E-state index contributed by atoms with van der Waals surface area (Å²) in [4.78, 5) is 19.4. The maximum atomic E-state index is 13.1. The third-order valence-corrected chi connectivity index (χ3v) is 38.9. The Labute approximate surface area is 889 Å². The van der Waals surface area contributed by atoms with Crippen LogP contribution in [0.25, 0.3) is 56.0 Å². The second-order valence-corrected chi connectivity index (χ2v) is 61.5. The van der Waals surface area contributed by atoms with E-state index in [9.17, 15) is 18.6 Å². The van der Waals surface area contributed by atoms with Gasteiger partial charge in [0.1, 0.15) is 80.9 Å². The predicted molar refractivity (Wildman–Crippen MR) is 589 cm³/mol. The van der Waals surface area contributed by atoms with Crippen molar-refractivity contribution in [2.75, 3.05) is 112 Å². The van der Waals surface area contributed by atoms with E-state index in [-0.39, 0.29) is 50.3 Å². The van der Waals surface area contributed by atoms with Gasteiger partial charge in [0.15, 0.2) is 23.5 Å². The molecule has 0 amide bonds. The van der Waals surface area contributed by atoms with Gasteiger partial charge in [-0.15, -0.1) is 13.1 Å². The summed E-state index contributed by atoms with van der Waals surface area (Å²) in [6, 6.07) is 61.7. The van der Waals surface area contributed by atoms with Crippen molar-refractivity contribution in [3.8, 4) is 64.2 Å². The van der Waals surface area contributed by atoms with Crippen LogP contribution in [0.4, 0.5) is 28.4 Å². The largest absolute Gasteiger partial charge is 0.494 e. The Kier molecular flexibility index (Phi) is 36.9. The molecule has 9 saturated heterocycles. The third-order valence-electron chi connectivity index (χ3n) is 25.2. The van der Waals surface area contributed by atoms with E-state index in [0.29, 0.717) is 100 Å². The first-order chi connectivity index (χ1) is 68.4. The molecule has 4 N–H and O–H groups in total. The van der Waals surface area contributed by atoms with Gasteiger partial charge in [0.25, 0.3) is 0 Å². The van der Waals surface area contributed by atoms with Gasteiger partial charge < -0.3 is 71.8 Å². The summed E-state index contributed by atoms with van der Waals surface area (Å²) in [5, 5.41) is 47.5. The smallest absolute Gasteiger partial charge is 0.456 e. The third kappa shape index (κ3) is 27.5. The van der Waals surface area contributed by atoms with Crippen LogP contribution in [0.3, 0.4) is 0 Å². The lowest BCUT2D eigenvalue weighted by Gasteiger charge is -2.32. The molecule has 44 heteroatoms. The zero-order valence-electron chi connectivity index (χ0n) is 81.0. The van der Waals surface area contributed by atoms with Gasteiger partial charge >= 0.3 is 19.1 Å². The van der Waals surface area contributed by atoms with Crippen molar-refractivity contribution in [2.45, 2.75) is 178 Å². The number of aromatic nitrogens is 6. The molecule has 11 atom stereocenters. The highest BCUT2D eigenvalue weighted by atomic mass is 79.9. The van der Waals surface area contributed by atoms with Crippen LogP contribution < -0.4 is 37.9 Å². The van der Waals surface area contributed by atoms with Crippen molar-refractivity contribution in [3.63, 3.8) is 0 Å². The minimum Gasteiger partial charge on any atom is -0.456 e. The minimum absolute atomic E-state index is 0.196. The molecule has 0 bridgehead atoms.